The van der Waals surface area contributed by atoms with E-state index in [0.717, 1.165) is 0 Å². The molecule has 0 amide bonds. The van der Waals surface area contributed by atoms with Crippen LogP contribution in [0.3, 0.4) is 0 Å². The minimum absolute atomic E-state index is 0.145. The first-order valence-electron chi connectivity index (χ1n) is 7.34. The summed E-state index contributed by atoms with van der Waals surface area (Å²) in [6, 6.07) is 9.91. The number of halogens is 1. The van der Waals surface area contributed by atoms with Crippen molar-refractivity contribution in [2.75, 3.05) is 28.4 Å². The van der Waals surface area contributed by atoms with E-state index in [0.29, 0.717) is 27.3 Å². The van der Waals surface area contributed by atoms with Crippen LogP contribution in [0.4, 0.5) is 0 Å². The van der Waals surface area contributed by atoms with E-state index in [4.69, 9.17) is 14.2 Å². The van der Waals surface area contributed by atoms with E-state index in [9.17, 15) is 8.42 Å². The quantitative estimate of drug-likeness (QED) is 0.675. The Morgan fingerprint density at radius 1 is 0.960 bits per heavy atom. The third-order valence-electron chi connectivity index (χ3n) is 3.71. The number of methoxy groups -OCH3 is 3. The van der Waals surface area contributed by atoms with Crippen LogP contribution in [0.2, 0.25) is 0 Å². The molecular formula is C17H20BrNO5S. The zero-order chi connectivity index (χ0) is 18.6. The number of ether oxygens (including phenoxy) is 3. The van der Waals surface area contributed by atoms with Gasteiger partial charge in [-0.1, -0.05) is 0 Å². The highest BCUT2D eigenvalue weighted by Gasteiger charge is 2.23. The first kappa shape index (κ1) is 19.6. The number of hydrogen-bond acceptors (Lipinski definition) is 5. The molecule has 0 fully saturated rings. The molecule has 25 heavy (non-hydrogen) atoms. The highest BCUT2D eigenvalue weighted by Crippen LogP contribution is 2.30. The lowest BCUT2D eigenvalue weighted by molar-refractivity contribution is 0.389. The van der Waals surface area contributed by atoms with Gasteiger partial charge >= 0.3 is 0 Å². The maximum Gasteiger partial charge on any atom is 0.243 e. The fraction of sp³-hybridized carbons (Fsp3) is 0.294. The van der Waals surface area contributed by atoms with Crippen molar-refractivity contribution in [1.82, 2.24) is 4.31 Å². The van der Waals surface area contributed by atoms with E-state index < -0.39 is 10.0 Å². The third-order valence-corrected chi connectivity index (χ3v) is 6.13. The smallest absolute Gasteiger partial charge is 0.243 e. The Balaban J connectivity index is 2.33. The van der Waals surface area contributed by atoms with Gasteiger partial charge in [0.2, 0.25) is 10.0 Å². The summed E-state index contributed by atoms with van der Waals surface area (Å²) in [6.45, 7) is 0.145. The van der Waals surface area contributed by atoms with Crippen molar-refractivity contribution in [1.29, 1.82) is 0 Å². The normalized spacial score (nSPS) is 11.4. The summed E-state index contributed by atoms with van der Waals surface area (Å²) < 4.78 is 43.2. The standard InChI is InChI=1S/C17H20BrNO5S/c1-19(11-12-9-13(22-2)5-7-16(12)23-3)25(20,21)14-6-8-17(24-4)15(18)10-14/h5-10H,11H2,1-4H3. The van der Waals surface area contributed by atoms with Crippen molar-refractivity contribution in [2.24, 2.45) is 0 Å². The lowest BCUT2D eigenvalue weighted by Crippen LogP contribution is -2.26. The van der Waals surface area contributed by atoms with Gasteiger partial charge in [0.25, 0.3) is 0 Å². The van der Waals surface area contributed by atoms with Crippen LogP contribution in [0.15, 0.2) is 45.8 Å². The van der Waals surface area contributed by atoms with Crippen molar-refractivity contribution in [3.63, 3.8) is 0 Å². The summed E-state index contributed by atoms with van der Waals surface area (Å²) in [4.78, 5) is 0.171. The van der Waals surface area contributed by atoms with Crippen LogP contribution in [-0.4, -0.2) is 41.1 Å². The molecule has 2 aromatic rings. The van der Waals surface area contributed by atoms with E-state index in [1.165, 1.54) is 30.6 Å². The molecule has 6 nitrogen and oxygen atoms in total. The molecule has 0 bridgehead atoms. The minimum atomic E-state index is -3.68. The van der Waals surface area contributed by atoms with E-state index in [1.54, 1.807) is 38.5 Å². The summed E-state index contributed by atoms with van der Waals surface area (Å²) in [5, 5.41) is 0. The van der Waals surface area contributed by atoms with Crippen molar-refractivity contribution in [3.8, 4) is 17.2 Å². The highest BCUT2D eigenvalue weighted by atomic mass is 79.9. The molecule has 2 rings (SSSR count). The van der Waals surface area contributed by atoms with Gasteiger partial charge in [-0.25, -0.2) is 8.42 Å². The summed E-state index contributed by atoms with van der Waals surface area (Å²) in [5.74, 6) is 1.80. The van der Waals surface area contributed by atoms with E-state index >= 15 is 0 Å². The third kappa shape index (κ3) is 4.26. The highest BCUT2D eigenvalue weighted by molar-refractivity contribution is 9.10. The Bertz CT molecular complexity index is 854. The fourth-order valence-electron chi connectivity index (χ4n) is 2.32. The molecular weight excluding hydrogens is 410 g/mol. The number of rotatable bonds is 7. The van der Waals surface area contributed by atoms with Gasteiger partial charge in [0.05, 0.1) is 30.7 Å². The summed E-state index contributed by atoms with van der Waals surface area (Å²) in [7, 11) is 2.46. The molecule has 136 valence electrons. The molecule has 0 aromatic heterocycles. The van der Waals surface area contributed by atoms with Gasteiger partial charge in [-0.15, -0.1) is 0 Å². The van der Waals surface area contributed by atoms with Crippen molar-refractivity contribution >= 4 is 26.0 Å². The average Bonchev–Trinajstić information content (AvgIpc) is 2.61. The van der Waals surface area contributed by atoms with Gasteiger partial charge in [0.1, 0.15) is 17.2 Å². The molecule has 0 unspecified atom stereocenters. The maximum absolute atomic E-state index is 12.8. The SMILES string of the molecule is COc1ccc(OC)c(CN(C)S(=O)(=O)c2ccc(OC)c(Br)c2)c1. The zero-order valence-corrected chi connectivity index (χ0v) is 16.8. The number of sulfonamides is 1. The second kappa shape index (κ2) is 8.07. The van der Waals surface area contributed by atoms with E-state index in [-0.39, 0.29) is 11.4 Å². The van der Waals surface area contributed by atoms with E-state index in [1.807, 2.05) is 0 Å². The van der Waals surface area contributed by atoms with Crippen LogP contribution in [0.25, 0.3) is 0 Å². The molecule has 0 saturated heterocycles. The van der Waals surface area contributed by atoms with Crippen LogP contribution >= 0.6 is 15.9 Å². The summed E-state index contributed by atoms with van der Waals surface area (Å²) in [5.41, 5.74) is 0.709. The van der Waals surface area contributed by atoms with Crippen LogP contribution in [0.5, 0.6) is 17.2 Å². The predicted octanol–water partition coefficient (Wildman–Crippen LogP) is 3.30. The molecule has 0 heterocycles. The summed E-state index contributed by atoms with van der Waals surface area (Å²) >= 11 is 3.31. The molecule has 0 atom stereocenters. The molecule has 0 aliphatic heterocycles. The summed E-state index contributed by atoms with van der Waals surface area (Å²) in [6.07, 6.45) is 0. The molecule has 2 aromatic carbocycles. The second-order valence-electron chi connectivity index (χ2n) is 5.24. The van der Waals surface area contributed by atoms with E-state index in [2.05, 4.69) is 15.9 Å². The van der Waals surface area contributed by atoms with Crippen molar-refractivity contribution in [2.45, 2.75) is 11.4 Å². The molecule has 0 spiro atoms. The predicted molar refractivity (Wildman–Crippen MR) is 98.9 cm³/mol. The fourth-order valence-corrected chi connectivity index (χ4v) is 4.19. The van der Waals surface area contributed by atoms with Gasteiger partial charge in [-0.2, -0.15) is 4.31 Å². The minimum Gasteiger partial charge on any atom is -0.497 e. The monoisotopic (exact) mass is 429 g/mol. The molecule has 8 heteroatoms. The molecule has 0 aliphatic carbocycles. The number of nitrogens with zero attached hydrogens (tertiary/aromatic N) is 1. The number of hydrogen-bond donors (Lipinski definition) is 0. The van der Waals surface area contributed by atoms with Crippen LogP contribution in [0, 0.1) is 0 Å². The van der Waals surface area contributed by atoms with Crippen LogP contribution < -0.4 is 14.2 Å². The molecule has 0 N–H and O–H groups in total. The van der Waals surface area contributed by atoms with Gasteiger partial charge < -0.3 is 14.2 Å². The first-order valence-corrected chi connectivity index (χ1v) is 9.57. The average molecular weight is 430 g/mol. The maximum atomic E-state index is 12.8. The van der Waals surface area contributed by atoms with Crippen LogP contribution in [-0.2, 0) is 16.6 Å². The van der Waals surface area contributed by atoms with Gasteiger partial charge in [0, 0.05) is 19.2 Å². The van der Waals surface area contributed by atoms with Gasteiger partial charge in [-0.3, -0.25) is 0 Å². The Labute approximate surface area is 156 Å². The Morgan fingerprint density at radius 2 is 1.60 bits per heavy atom. The first-order chi connectivity index (χ1) is 11.8. The van der Waals surface area contributed by atoms with Crippen molar-refractivity contribution in [3.05, 3.63) is 46.4 Å². The Kier molecular flexibility index (Phi) is 6.31. The molecule has 0 saturated carbocycles. The molecule has 0 aliphatic rings. The lowest BCUT2D eigenvalue weighted by Gasteiger charge is -2.19. The van der Waals surface area contributed by atoms with Gasteiger partial charge in [0.15, 0.2) is 0 Å². The van der Waals surface area contributed by atoms with Gasteiger partial charge in [-0.05, 0) is 52.3 Å². The van der Waals surface area contributed by atoms with Crippen molar-refractivity contribution < 1.29 is 22.6 Å². The largest absolute Gasteiger partial charge is 0.497 e. The van der Waals surface area contributed by atoms with Crippen LogP contribution in [0.1, 0.15) is 5.56 Å². The lowest BCUT2D eigenvalue weighted by atomic mass is 10.2. The number of benzene rings is 2. The second-order valence-corrected chi connectivity index (χ2v) is 8.13. The topological polar surface area (TPSA) is 65.1 Å². The zero-order valence-electron chi connectivity index (χ0n) is 14.4. The molecule has 0 radical (unpaired) electrons. The Morgan fingerprint density at radius 3 is 2.16 bits per heavy atom. The Hall–Kier alpha value is -1.77.